The number of methoxy groups -OCH3 is 1. The summed E-state index contributed by atoms with van der Waals surface area (Å²) in [6.45, 7) is 0.511. The number of carbonyl (C=O) groups excluding carboxylic acids is 1. The van der Waals surface area contributed by atoms with Crippen LogP contribution in [0.3, 0.4) is 0 Å². The van der Waals surface area contributed by atoms with Crippen LogP contribution in [0.25, 0.3) is 0 Å². The molecule has 1 aliphatic heterocycles. The average molecular weight is 346 g/mol. The molecule has 0 radical (unpaired) electrons. The molecule has 1 fully saturated rings. The number of nitrogens with one attached hydrogen (secondary N) is 1. The van der Waals surface area contributed by atoms with Gasteiger partial charge in [0, 0.05) is 13.1 Å². The number of nitrogens with zero attached hydrogens (tertiary/aromatic N) is 1. The Morgan fingerprint density at radius 1 is 1.08 bits per heavy atom. The molecule has 1 atom stereocenters. The smallest absolute Gasteiger partial charge is 0.244 e. The number of carbonyl (C=O) groups is 1. The fourth-order valence-electron chi connectivity index (χ4n) is 2.74. The second kappa shape index (κ2) is 6.62. The number of sulfonamides is 1. The van der Waals surface area contributed by atoms with Crippen LogP contribution in [0.2, 0.25) is 0 Å². The predicted octanol–water partition coefficient (Wildman–Crippen LogP) is 1.56. The van der Waals surface area contributed by atoms with Crippen LogP contribution in [-0.2, 0) is 14.8 Å². The zero-order valence-electron chi connectivity index (χ0n) is 13.2. The van der Waals surface area contributed by atoms with E-state index in [1.807, 2.05) is 0 Å². The number of benzene rings is 2. The molecular formula is C17H18N2O4S. The van der Waals surface area contributed by atoms with E-state index in [0.717, 1.165) is 0 Å². The van der Waals surface area contributed by atoms with Gasteiger partial charge in [0.1, 0.15) is 11.8 Å². The van der Waals surface area contributed by atoms with Gasteiger partial charge in [0.25, 0.3) is 0 Å². The largest absolute Gasteiger partial charge is 0.497 e. The van der Waals surface area contributed by atoms with E-state index in [9.17, 15) is 13.2 Å². The first-order valence-corrected chi connectivity index (χ1v) is 8.96. The number of ether oxygens (including phenoxy) is 1. The highest BCUT2D eigenvalue weighted by Gasteiger charge is 2.39. The van der Waals surface area contributed by atoms with Crippen molar-refractivity contribution in [1.82, 2.24) is 9.62 Å². The summed E-state index contributed by atoms with van der Waals surface area (Å²) in [7, 11) is -2.22. The molecule has 1 heterocycles. The highest BCUT2D eigenvalue weighted by molar-refractivity contribution is 7.89. The van der Waals surface area contributed by atoms with Crippen molar-refractivity contribution < 1.29 is 17.9 Å². The average Bonchev–Trinajstić information content (AvgIpc) is 2.62. The van der Waals surface area contributed by atoms with Crippen LogP contribution in [0, 0.1) is 0 Å². The molecule has 1 unspecified atom stereocenters. The van der Waals surface area contributed by atoms with Crippen molar-refractivity contribution in [3.63, 3.8) is 0 Å². The molecule has 2 aromatic rings. The van der Waals surface area contributed by atoms with Crippen LogP contribution in [0.1, 0.15) is 11.6 Å². The monoisotopic (exact) mass is 346 g/mol. The molecule has 126 valence electrons. The lowest BCUT2D eigenvalue weighted by Crippen LogP contribution is -2.52. The van der Waals surface area contributed by atoms with Crippen LogP contribution in [0.5, 0.6) is 5.75 Å². The Bertz CT molecular complexity index is 819. The summed E-state index contributed by atoms with van der Waals surface area (Å²) < 4.78 is 32.3. The van der Waals surface area contributed by atoms with Gasteiger partial charge in [0.2, 0.25) is 15.9 Å². The summed E-state index contributed by atoms with van der Waals surface area (Å²) in [6.07, 6.45) is 0. The van der Waals surface area contributed by atoms with Gasteiger partial charge < -0.3 is 10.1 Å². The summed E-state index contributed by atoms with van der Waals surface area (Å²) in [6, 6.07) is 14.1. The van der Waals surface area contributed by atoms with Crippen LogP contribution in [0.4, 0.5) is 0 Å². The van der Waals surface area contributed by atoms with E-state index < -0.39 is 16.1 Å². The molecule has 3 rings (SSSR count). The first kappa shape index (κ1) is 16.5. The van der Waals surface area contributed by atoms with Crippen LogP contribution < -0.4 is 10.1 Å². The quantitative estimate of drug-likeness (QED) is 0.911. The van der Waals surface area contributed by atoms with Crippen LogP contribution in [-0.4, -0.2) is 38.8 Å². The summed E-state index contributed by atoms with van der Waals surface area (Å²) >= 11 is 0. The van der Waals surface area contributed by atoms with Crippen LogP contribution >= 0.6 is 0 Å². The molecule has 1 saturated heterocycles. The third-order valence-electron chi connectivity index (χ3n) is 3.95. The molecule has 24 heavy (non-hydrogen) atoms. The fourth-order valence-corrected chi connectivity index (χ4v) is 4.34. The molecular weight excluding hydrogens is 328 g/mol. The van der Waals surface area contributed by atoms with Crippen molar-refractivity contribution in [2.75, 3.05) is 20.2 Å². The second-order valence-corrected chi connectivity index (χ2v) is 7.29. The van der Waals surface area contributed by atoms with Crippen molar-refractivity contribution in [2.24, 2.45) is 0 Å². The van der Waals surface area contributed by atoms with Gasteiger partial charge in [0.15, 0.2) is 0 Å². The van der Waals surface area contributed by atoms with E-state index in [2.05, 4.69) is 5.32 Å². The molecule has 1 aliphatic rings. The summed E-state index contributed by atoms with van der Waals surface area (Å²) in [4.78, 5) is 12.6. The maximum Gasteiger partial charge on any atom is 0.244 e. The maximum atomic E-state index is 13.0. The fraction of sp³-hybridized carbons (Fsp3) is 0.235. The van der Waals surface area contributed by atoms with Gasteiger partial charge in [-0.25, -0.2) is 8.42 Å². The molecule has 6 nitrogen and oxygen atoms in total. The van der Waals surface area contributed by atoms with Crippen molar-refractivity contribution in [1.29, 1.82) is 0 Å². The Hall–Kier alpha value is -2.38. The molecule has 7 heteroatoms. The number of hydrogen-bond donors (Lipinski definition) is 1. The molecule has 0 saturated carbocycles. The highest BCUT2D eigenvalue weighted by Crippen LogP contribution is 2.30. The number of hydrogen-bond acceptors (Lipinski definition) is 4. The predicted molar refractivity (Wildman–Crippen MR) is 89.1 cm³/mol. The number of amides is 1. The third kappa shape index (κ3) is 3.00. The highest BCUT2D eigenvalue weighted by atomic mass is 32.2. The first-order chi connectivity index (χ1) is 11.5. The molecule has 1 amide bonds. The van der Waals surface area contributed by atoms with Crippen molar-refractivity contribution in [2.45, 2.75) is 10.9 Å². The third-order valence-corrected chi connectivity index (χ3v) is 5.83. The Morgan fingerprint density at radius 2 is 1.75 bits per heavy atom. The zero-order chi connectivity index (χ0) is 17.2. The van der Waals surface area contributed by atoms with Gasteiger partial charge in [-0.2, -0.15) is 4.31 Å². The van der Waals surface area contributed by atoms with E-state index in [4.69, 9.17) is 4.74 Å². The summed E-state index contributed by atoms with van der Waals surface area (Å²) in [5.41, 5.74) is 0.604. The Balaban J connectivity index is 2.02. The van der Waals surface area contributed by atoms with Crippen LogP contribution in [0.15, 0.2) is 59.5 Å². The minimum Gasteiger partial charge on any atom is -0.497 e. The van der Waals surface area contributed by atoms with Crippen molar-refractivity contribution >= 4 is 15.9 Å². The van der Waals surface area contributed by atoms with Gasteiger partial charge in [-0.15, -0.1) is 0 Å². The lowest BCUT2D eigenvalue weighted by atomic mass is 10.0. The number of rotatable bonds is 4. The van der Waals surface area contributed by atoms with Gasteiger partial charge >= 0.3 is 0 Å². The second-order valence-electron chi connectivity index (χ2n) is 5.40. The maximum absolute atomic E-state index is 13.0. The Labute approximate surface area is 141 Å². The molecule has 0 aromatic heterocycles. The lowest BCUT2D eigenvalue weighted by molar-refractivity contribution is -0.126. The van der Waals surface area contributed by atoms with E-state index in [0.29, 0.717) is 11.3 Å². The van der Waals surface area contributed by atoms with Crippen molar-refractivity contribution in [3.05, 3.63) is 60.2 Å². The standard InChI is InChI=1S/C17H18N2O4S/c1-23-14-9-7-13(8-10-14)16-17(20)18-11-12-19(16)24(21,22)15-5-3-2-4-6-15/h2-10,16H,11-12H2,1H3,(H,18,20). The number of piperazine rings is 1. The van der Waals surface area contributed by atoms with E-state index >= 15 is 0 Å². The Kier molecular flexibility index (Phi) is 4.55. The Morgan fingerprint density at radius 3 is 2.38 bits per heavy atom. The first-order valence-electron chi connectivity index (χ1n) is 7.52. The zero-order valence-corrected chi connectivity index (χ0v) is 14.0. The van der Waals surface area contributed by atoms with E-state index in [1.165, 1.54) is 16.4 Å². The van der Waals surface area contributed by atoms with Crippen molar-refractivity contribution in [3.8, 4) is 5.75 Å². The SMILES string of the molecule is COc1ccc(C2C(=O)NCCN2S(=O)(=O)c2ccccc2)cc1. The lowest BCUT2D eigenvalue weighted by Gasteiger charge is -2.34. The molecule has 0 bridgehead atoms. The minimum absolute atomic E-state index is 0.179. The molecule has 0 spiro atoms. The topological polar surface area (TPSA) is 75.7 Å². The van der Waals surface area contributed by atoms with Gasteiger partial charge in [-0.1, -0.05) is 30.3 Å². The van der Waals surface area contributed by atoms with Gasteiger partial charge in [-0.05, 0) is 29.8 Å². The molecule has 0 aliphatic carbocycles. The molecule has 2 aromatic carbocycles. The van der Waals surface area contributed by atoms with E-state index in [1.54, 1.807) is 49.6 Å². The summed E-state index contributed by atoms with van der Waals surface area (Å²) in [5, 5.41) is 2.74. The van der Waals surface area contributed by atoms with Gasteiger partial charge in [0.05, 0.1) is 12.0 Å². The van der Waals surface area contributed by atoms with Gasteiger partial charge in [-0.3, -0.25) is 4.79 Å². The normalized spacial score (nSPS) is 18.9. The summed E-state index contributed by atoms with van der Waals surface area (Å²) in [5.74, 6) is 0.318. The van der Waals surface area contributed by atoms with E-state index in [-0.39, 0.29) is 23.9 Å². The minimum atomic E-state index is -3.77. The molecule has 1 N–H and O–H groups in total.